The van der Waals surface area contributed by atoms with Crippen LogP contribution in [0.4, 0.5) is 0 Å². The summed E-state index contributed by atoms with van der Waals surface area (Å²) in [5, 5.41) is 2.97. The first-order valence-corrected chi connectivity index (χ1v) is 5.26. The van der Waals surface area contributed by atoms with E-state index in [1.165, 1.54) is 0 Å². The Kier molecular flexibility index (Phi) is 6.03. The first-order valence-electron chi connectivity index (χ1n) is 5.26. The van der Waals surface area contributed by atoms with Crippen LogP contribution >= 0.6 is 0 Å². The van der Waals surface area contributed by atoms with Gasteiger partial charge in [0.15, 0.2) is 0 Å². The molecule has 2 unspecified atom stereocenters. The third-order valence-electron chi connectivity index (χ3n) is 2.62. The van der Waals surface area contributed by atoms with Gasteiger partial charge in [-0.15, -0.1) is 12.3 Å². The molecule has 0 aromatic heterocycles. The summed E-state index contributed by atoms with van der Waals surface area (Å²) >= 11 is 0. The van der Waals surface area contributed by atoms with Crippen LogP contribution in [-0.4, -0.2) is 11.9 Å². The highest BCUT2D eigenvalue weighted by Gasteiger charge is 2.18. The van der Waals surface area contributed by atoms with Crippen LogP contribution in [0.25, 0.3) is 0 Å². The predicted octanol–water partition coefficient (Wildman–Crippen LogP) is 2.20. The molecule has 0 aliphatic rings. The molecule has 0 saturated carbocycles. The Balaban J connectivity index is 4.09. The quantitative estimate of drug-likeness (QED) is 0.669. The second-order valence-electron chi connectivity index (χ2n) is 4.05. The van der Waals surface area contributed by atoms with Crippen LogP contribution in [0.5, 0.6) is 0 Å². The van der Waals surface area contributed by atoms with Gasteiger partial charge in [-0.05, 0) is 12.3 Å². The number of hydrogen-bond acceptors (Lipinski definition) is 1. The molecule has 0 heterocycles. The summed E-state index contributed by atoms with van der Waals surface area (Å²) in [5.41, 5.74) is 0. The van der Waals surface area contributed by atoms with Crippen molar-refractivity contribution < 1.29 is 4.79 Å². The molecule has 14 heavy (non-hydrogen) atoms. The molecule has 1 amide bonds. The first-order chi connectivity index (χ1) is 6.52. The number of carbonyl (C=O) groups is 1. The van der Waals surface area contributed by atoms with Crippen LogP contribution < -0.4 is 5.32 Å². The average molecular weight is 195 g/mol. The fourth-order valence-corrected chi connectivity index (χ4v) is 1.08. The van der Waals surface area contributed by atoms with Gasteiger partial charge in [0.1, 0.15) is 0 Å². The molecule has 0 spiro atoms. The minimum absolute atomic E-state index is 0.0572. The molecule has 80 valence electrons. The van der Waals surface area contributed by atoms with E-state index in [0.717, 1.165) is 6.42 Å². The van der Waals surface area contributed by atoms with Crippen molar-refractivity contribution in [2.45, 2.75) is 46.6 Å². The zero-order valence-corrected chi connectivity index (χ0v) is 9.63. The summed E-state index contributed by atoms with van der Waals surface area (Å²) in [5.74, 6) is 3.12. The molecular weight excluding hydrogens is 174 g/mol. The normalized spacial score (nSPS) is 14.6. The largest absolute Gasteiger partial charge is 0.352 e. The second-order valence-corrected chi connectivity index (χ2v) is 4.05. The molecule has 0 saturated heterocycles. The van der Waals surface area contributed by atoms with Crippen LogP contribution in [0, 0.1) is 24.2 Å². The minimum Gasteiger partial charge on any atom is -0.352 e. The topological polar surface area (TPSA) is 29.1 Å². The number of rotatable bonds is 5. The van der Waals surface area contributed by atoms with Gasteiger partial charge >= 0.3 is 0 Å². The van der Waals surface area contributed by atoms with Crippen molar-refractivity contribution in [1.82, 2.24) is 5.32 Å². The number of carbonyl (C=O) groups excluding carboxylic acids is 1. The summed E-state index contributed by atoms with van der Waals surface area (Å²) in [6.07, 6.45) is 6.72. The van der Waals surface area contributed by atoms with Gasteiger partial charge in [-0.25, -0.2) is 0 Å². The Bertz CT molecular complexity index is 215. The Labute approximate surface area is 87.5 Å². The fraction of sp³-hybridized carbons (Fsp3) is 0.750. The fourth-order valence-electron chi connectivity index (χ4n) is 1.08. The van der Waals surface area contributed by atoms with Crippen molar-refractivity contribution in [3.63, 3.8) is 0 Å². The van der Waals surface area contributed by atoms with E-state index in [-0.39, 0.29) is 17.9 Å². The van der Waals surface area contributed by atoms with E-state index < -0.39 is 0 Å². The summed E-state index contributed by atoms with van der Waals surface area (Å²) in [6.45, 7) is 8.07. The Morgan fingerprint density at radius 1 is 1.43 bits per heavy atom. The minimum atomic E-state index is 0.0572. The SMILES string of the molecule is C#CCC(CC)NC(=O)C(C)C(C)C. The zero-order chi connectivity index (χ0) is 11.1. The van der Waals surface area contributed by atoms with Gasteiger partial charge in [-0.1, -0.05) is 27.7 Å². The lowest BCUT2D eigenvalue weighted by atomic mass is 9.96. The molecule has 0 rings (SSSR count). The van der Waals surface area contributed by atoms with E-state index in [0.29, 0.717) is 12.3 Å². The van der Waals surface area contributed by atoms with Crippen molar-refractivity contribution >= 4 is 5.91 Å². The van der Waals surface area contributed by atoms with Gasteiger partial charge in [0.2, 0.25) is 5.91 Å². The molecular formula is C12H21NO. The first kappa shape index (κ1) is 13.0. The molecule has 0 aromatic rings. The number of terminal acetylenes is 1. The zero-order valence-electron chi connectivity index (χ0n) is 9.63. The monoisotopic (exact) mass is 195 g/mol. The van der Waals surface area contributed by atoms with E-state index in [1.54, 1.807) is 0 Å². The lowest BCUT2D eigenvalue weighted by Crippen LogP contribution is -2.39. The maximum Gasteiger partial charge on any atom is 0.223 e. The van der Waals surface area contributed by atoms with Gasteiger partial charge < -0.3 is 5.32 Å². The van der Waals surface area contributed by atoms with Crippen molar-refractivity contribution in [2.24, 2.45) is 11.8 Å². The Morgan fingerprint density at radius 2 is 2.00 bits per heavy atom. The van der Waals surface area contributed by atoms with Gasteiger partial charge in [-0.2, -0.15) is 0 Å². The van der Waals surface area contributed by atoms with Crippen LogP contribution in [0.1, 0.15) is 40.5 Å². The highest BCUT2D eigenvalue weighted by molar-refractivity contribution is 5.78. The summed E-state index contributed by atoms with van der Waals surface area (Å²) in [6, 6.07) is 0.133. The molecule has 0 fully saturated rings. The summed E-state index contributed by atoms with van der Waals surface area (Å²) in [7, 11) is 0. The number of nitrogens with one attached hydrogen (secondary N) is 1. The van der Waals surface area contributed by atoms with Crippen LogP contribution in [0.2, 0.25) is 0 Å². The van der Waals surface area contributed by atoms with Gasteiger partial charge in [0, 0.05) is 18.4 Å². The van der Waals surface area contributed by atoms with Crippen molar-refractivity contribution in [3.05, 3.63) is 0 Å². The van der Waals surface area contributed by atoms with Gasteiger partial charge in [-0.3, -0.25) is 4.79 Å². The summed E-state index contributed by atoms with van der Waals surface area (Å²) in [4.78, 5) is 11.6. The molecule has 0 radical (unpaired) electrons. The van der Waals surface area contributed by atoms with E-state index >= 15 is 0 Å². The second kappa shape index (κ2) is 6.48. The van der Waals surface area contributed by atoms with E-state index in [2.05, 4.69) is 11.2 Å². The van der Waals surface area contributed by atoms with Crippen LogP contribution in [0.3, 0.4) is 0 Å². The number of amides is 1. The molecule has 2 heteroatoms. The van der Waals surface area contributed by atoms with Crippen LogP contribution in [0.15, 0.2) is 0 Å². The molecule has 1 N–H and O–H groups in total. The van der Waals surface area contributed by atoms with E-state index in [1.807, 2.05) is 27.7 Å². The van der Waals surface area contributed by atoms with Gasteiger partial charge in [0.25, 0.3) is 0 Å². The molecule has 0 aromatic carbocycles. The third kappa shape index (κ3) is 4.32. The Morgan fingerprint density at radius 3 is 2.36 bits per heavy atom. The van der Waals surface area contributed by atoms with Crippen molar-refractivity contribution in [3.8, 4) is 12.3 Å². The molecule has 0 aliphatic heterocycles. The van der Waals surface area contributed by atoms with E-state index in [4.69, 9.17) is 6.42 Å². The molecule has 2 nitrogen and oxygen atoms in total. The number of hydrogen-bond donors (Lipinski definition) is 1. The predicted molar refractivity (Wildman–Crippen MR) is 59.7 cm³/mol. The average Bonchev–Trinajstić information content (AvgIpc) is 2.15. The lowest BCUT2D eigenvalue weighted by molar-refractivity contribution is -0.126. The van der Waals surface area contributed by atoms with Crippen LogP contribution in [-0.2, 0) is 4.79 Å². The van der Waals surface area contributed by atoms with Gasteiger partial charge in [0.05, 0.1) is 0 Å². The molecule has 0 aliphatic carbocycles. The third-order valence-corrected chi connectivity index (χ3v) is 2.62. The summed E-state index contributed by atoms with van der Waals surface area (Å²) < 4.78 is 0. The maximum atomic E-state index is 11.6. The van der Waals surface area contributed by atoms with Crippen molar-refractivity contribution in [2.75, 3.05) is 0 Å². The maximum absolute atomic E-state index is 11.6. The molecule has 2 atom stereocenters. The lowest BCUT2D eigenvalue weighted by Gasteiger charge is -2.20. The Hall–Kier alpha value is -0.970. The highest BCUT2D eigenvalue weighted by Crippen LogP contribution is 2.10. The standard InChI is InChI=1S/C12H21NO/c1-6-8-11(7-2)13-12(14)10(5)9(3)4/h1,9-11H,7-8H2,2-5H3,(H,13,14). The smallest absolute Gasteiger partial charge is 0.223 e. The molecule has 0 bridgehead atoms. The highest BCUT2D eigenvalue weighted by atomic mass is 16.1. The van der Waals surface area contributed by atoms with E-state index in [9.17, 15) is 4.79 Å². The van der Waals surface area contributed by atoms with Crippen molar-refractivity contribution in [1.29, 1.82) is 0 Å².